The van der Waals surface area contributed by atoms with Crippen LogP contribution in [-0.4, -0.2) is 44.3 Å². The summed E-state index contributed by atoms with van der Waals surface area (Å²) in [6, 6.07) is 8.48. The first-order valence-corrected chi connectivity index (χ1v) is 7.97. The number of hydrogen-bond acceptors (Lipinski definition) is 3. The van der Waals surface area contributed by atoms with Gasteiger partial charge in [0.2, 0.25) is 0 Å². The Labute approximate surface area is 127 Å². The molecule has 0 radical (unpaired) electrons. The van der Waals surface area contributed by atoms with Crippen LogP contribution in [0.4, 0.5) is 0 Å². The summed E-state index contributed by atoms with van der Waals surface area (Å²) in [6.07, 6.45) is 2.22. The largest absolute Gasteiger partial charge is 0.380 e. The third kappa shape index (κ3) is 4.74. The highest BCUT2D eigenvalue weighted by Crippen LogP contribution is 2.25. The molecule has 2 rings (SSSR count). The Morgan fingerprint density at radius 1 is 1.30 bits per heavy atom. The molecule has 0 aromatic heterocycles. The SMILES string of the molecule is CCNC(CCN1CCCOCC1)c1ccccc1Cl. The zero-order chi connectivity index (χ0) is 14.2. The third-order valence-electron chi connectivity index (χ3n) is 3.78. The Balaban J connectivity index is 1.93. The van der Waals surface area contributed by atoms with E-state index < -0.39 is 0 Å². The van der Waals surface area contributed by atoms with Crippen LogP contribution in [0, 0.1) is 0 Å². The van der Waals surface area contributed by atoms with Crippen molar-refractivity contribution in [1.29, 1.82) is 0 Å². The van der Waals surface area contributed by atoms with Crippen molar-refractivity contribution in [3.05, 3.63) is 34.9 Å². The van der Waals surface area contributed by atoms with Crippen LogP contribution in [0.1, 0.15) is 31.4 Å². The quantitative estimate of drug-likeness (QED) is 0.873. The first kappa shape index (κ1) is 15.8. The van der Waals surface area contributed by atoms with E-state index in [4.69, 9.17) is 16.3 Å². The highest BCUT2D eigenvalue weighted by molar-refractivity contribution is 6.31. The second-order valence-electron chi connectivity index (χ2n) is 5.23. The molecular weight excluding hydrogens is 272 g/mol. The molecular formula is C16H25ClN2O. The number of benzene rings is 1. The molecule has 1 heterocycles. The number of rotatable bonds is 6. The molecule has 1 aromatic rings. The minimum absolute atomic E-state index is 0.331. The lowest BCUT2D eigenvalue weighted by Crippen LogP contribution is -2.31. The van der Waals surface area contributed by atoms with E-state index in [1.165, 1.54) is 5.56 Å². The molecule has 3 nitrogen and oxygen atoms in total. The average Bonchev–Trinajstić information content (AvgIpc) is 2.73. The predicted octanol–water partition coefficient (Wildman–Crippen LogP) is 3.10. The molecule has 4 heteroatoms. The van der Waals surface area contributed by atoms with Gasteiger partial charge in [-0.25, -0.2) is 0 Å². The maximum Gasteiger partial charge on any atom is 0.0593 e. The van der Waals surface area contributed by atoms with E-state index in [-0.39, 0.29) is 0 Å². The molecule has 1 unspecified atom stereocenters. The van der Waals surface area contributed by atoms with Gasteiger partial charge in [0.25, 0.3) is 0 Å². The molecule has 1 aliphatic rings. The molecule has 112 valence electrons. The molecule has 1 fully saturated rings. The first-order valence-electron chi connectivity index (χ1n) is 7.59. The number of nitrogens with one attached hydrogen (secondary N) is 1. The van der Waals surface area contributed by atoms with Gasteiger partial charge in [-0.1, -0.05) is 36.7 Å². The van der Waals surface area contributed by atoms with Crippen molar-refractivity contribution >= 4 is 11.6 Å². The maximum absolute atomic E-state index is 6.33. The second kappa shape index (κ2) is 8.63. The van der Waals surface area contributed by atoms with Gasteiger partial charge in [-0.15, -0.1) is 0 Å². The second-order valence-corrected chi connectivity index (χ2v) is 5.64. The van der Waals surface area contributed by atoms with Crippen molar-refractivity contribution in [3.8, 4) is 0 Å². The zero-order valence-corrected chi connectivity index (χ0v) is 13.0. The van der Waals surface area contributed by atoms with Crippen LogP contribution in [0.5, 0.6) is 0 Å². The van der Waals surface area contributed by atoms with Gasteiger partial charge in [0.1, 0.15) is 0 Å². The minimum Gasteiger partial charge on any atom is -0.380 e. The number of hydrogen-bond donors (Lipinski definition) is 1. The van der Waals surface area contributed by atoms with Crippen molar-refractivity contribution in [2.75, 3.05) is 39.4 Å². The zero-order valence-electron chi connectivity index (χ0n) is 12.3. The molecule has 0 spiro atoms. The fraction of sp³-hybridized carbons (Fsp3) is 0.625. The van der Waals surface area contributed by atoms with Crippen LogP contribution < -0.4 is 5.32 Å². The number of nitrogens with zero attached hydrogens (tertiary/aromatic N) is 1. The molecule has 20 heavy (non-hydrogen) atoms. The van der Waals surface area contributed by atoms with Crippen LogP contribution in [0.15, 0.2) is 24.3 Å². The molecule has 0 aliphatic carbocycles. The minimum atomic E-state index is 0.331. The van der Waals surface area contributed by atoms with Gasteiger partial charge in [0.05, 0.1) is 6.61 Å². The monoisotopic (exact) mass is 296 g/mol. The summed E-state index contributed by atoms with van der Waals surface area (Å²) in [6.45, 7) is 8.13. The summed E-state index contributed by atoms with van der Waals surface area (Å²) in [7, 11) is 0. The number of halogens is 1. The van der Waals surface area contributed by atoms with Gasteiger partial charge in [-0.05, 0) is 31.0 Å². The van der Waals surface area contributed by atoms with Gasteiger partial charge in [-0.3, -0.25) is 0 Å². The highest BCUT2D eigenvalue weighted by atomic mass is 35.5. The molecule has 1 N–H and O–H groups in total. The Bertz CT molecular complexity index is 392. The van der Waals surface area contributed by atoms with E-state index in [0.717, 1.165) is 57.3 Å². The topological polar surface area (TPSA) is 24.5 Å². The van der Waals surface area contributed by atoms with Crippen LogP contribution >= 0.6 is 11.6 Å². The lowest BCUT2D eigenvalue weighted by atomic mass is 10.0. The molecule has 0 bridgehead atoms. The summed E-state index contributed by atoms with van der Waals surface area (Å²) in [4.78, 5) is 2.49. The lowest BCUT2D eigenvalue weighted by Gasteiger charge is -2.24. The summed E-state index contributed by atoms with van der Waals surface area (Å²) in [5.74, 6) is 0. The van der Waals surface area contributed by atoms with Crippen molar-refractivity contribution in [2.24, 2.45) is 0 Å². The van der Waals surface area contributed by atoms with Crippen molar-refractivity contribution in [3.63, 3.8) is 0 Å². The Morgan fingerprint density at radius 3 is 2.95 bits per heavy atom. The Kier molecular flexibility index (Phi) is 6.80. The van der Waals surface area contributed by atoms with E-state index in [0.29, 0.717) is 6.04 Å². The van der Waals surface area contributed by atoms with Gasteiger partial charge in [-0.2, -0.15) is 0 Å². The molecule has 1 atom stereocenters. The van der Waals surface area contributed by atoms with Gasteiger partial charge in [0, 0.05) is 37.3 Å². The van der Waals surface area contributed by atoms with Crippen molar-refractivity contribution in [2.45, 2.75) is 25.8 Å². The molecule has 1 aliphatic heterocycles. The fourth-order valence-corrected chi connectivity index (χ4v) is 2.97. The molecule has 1 saturated heterocycles. The summed E-state index contributed by atoms with van der Waals surface area (Å²) in [5.41, 5.74) is 1.21. The van der Waals surface area contributed by atoms with E-state index in [9.17, 15) is 0 Å². The Hall–Kier alpha value is -0.610. The van der Waals surface area contributed by atoms with E-state index in [1.54, 1.807) is 0 Å². The van der Waals surface area contributed by atoms with Crippen LogP contribution in [-0.2, 0) is 4.74 Å². The van der Waals surface area contributed by atoms with Crippen molar-refractivity contribution < 1.29 is 4.74 Å². The van der Waals surface area contributed by atoms with E-state index >= 15 is 0 Å². The summed E-state index contributed by atoms with van der Waals surface area (Å²) < 4.78 is 5.50. The van der Waals surface area contributed by atoms with Crippen LogP contribution in [0.3, 0.4) is 0 Å². The summed E-state index contributed by atoms with van der Waals surface area (Å²) >= 11 is 6.33. The fourth-order valence-electron chi connectivity index (χ4n) is 2.70. The predicted molar refractivity (Wildman–Crippen MR) is 84.4 cm³/mol. The standard InChI is InChI=1S/C16H25ClN2O/c1-2-18-16(14-6-3-4-7-15(14)17)8-10-19-9-5-12-20-13-11-19/h3-4,6-7,16,18H,2,5,8-13H2,1H3. The number of ether oxygens (including phenoxy) is 1. The average molecular weight is 297 g/mol. The molecule has 0 amide bonds. The molecule has 1 aromatic carbocycles. The third-order valence-corrected chi connectivity index (χ3v) is 4.12. The van der Waals surface area contributed by atoms with Gasteiger partial charge < -0.3 is 15.0 Å². The van der Waals surface area contributed by atoms with Gasteiger partial charge in [0.15, 0.2) is 0 Å². The van der Waals surface area contributed by atoms with E-state index in [1.807, 2.05) is 12.1 Å². The lowest BCUT2D eigenvalue weighted by molar-refractivity contribution is 0.140. The maximum atomic E-state index is 6.33. The highest BCUT2D eigenvalue weighted by Gasteiger charge is 2.16. The normalized spacial score (nSPS) is 18.7. The Morgan fingerprint density at radius 2 is 2.15 bits per heavy atom. The van der Waals surface area contributed by atoms with Gasteiger partial charge >= 0.3 is 0 Å². The first-order chi connectivity index (χ1) is 9.81. The smallest absolute Gasteiger partial charge is 0.0593 e. The van der Waals surface area contributed by atoms with Crippen LogP contribution in [0.2, 0.25) is 5.02 Å². The van der Waals surface area contributed by atoms with Crippen molar-refractivity contribution in [1.82, 2.24) is 10.2 Å². The van der Waals surface area contributed by atoms with Crippen LogP contribution in [0.25, 0.3) is 0 Å². The summed E-state index contributed by atoms with van der Waals surface area (Å²) in [5, 5.41) is 4.41. The molecule has 0 saturated carbocycles. The van der Waals surface area contributed by atoms with E-state index in [2.05, 4.69) is 29.3 Å².